The molecule has 0 aliphatic rings. The lowest BCUT2D eigenvalue weighted by atomic mass is 10.1. The minimum Gasteiger partial charge on any atom is -0.369 e. The van der Waals surface area contributed by atoms with Gasteiger partial charge in [-0.05, 0) is 23.8 Å². The van der Waals surface area contributed by atoms with Gasteiger partial charge in [-0.3, -0.25) is 0 Å². The number of hydrogen-bond acceptors (Lipinski definition) is 5. The van der Waals surface area contributed by atoms with E-state index in [1.165, 1.54) is 22.9 Å². The van der Waals surface area contributed by atoms with Crippen molar-refractivity contribution < 1.29 is 0 Å². The van der Waals surface area contributed by atoms with Gasteiger partial charge in [0.2, 0.25) is 0 Å². The average molecular weight is 468 g/mol. The van der Waals surface area contributed by atoms with Crippen molar-refractivity contribution in [1.29, 1.82) is 0 Å². The zero-order chi connectivity index (χ0) is 20.1. The molecule has 0 bridgehead atoms. The molecule has 7 heteroatoms. The zero-order valence-corrected chi connectivity index (χ0v) is 18.5. The Labute approximate surface area is 183 Å². The molecule has 4 aromatic rings. The summed E-state index contributed by atoms with van der Waals surface area (Å²) in [4.78, 5) is 9.56. The topological polar surface area (TPSA) is 55.6 Å². The number of anilines is 1. The number of aromatic nitrogens is 4. The minimum absolute atomic E-state index is 0.161. The lowest BCUT2D eigenvalue weighted by Crippen LogP contribution is -2.09. The number of nitrogens with zero attached hydrogens (tertiary/aromatic N) is 4. The molecule has 29 heavy (non-hydrogen) atoms. The first-order valence-electron chi connectivity index (χ1n) is 9.49. The molecule has 1 unspecified atom stereocenters. The van der Waals surface area contributed by atoms with E-state index in [0.29, 0.717) is 6.54 Å². The summed E-state index contributed by atoms with van der Waals surface area (Å²) in [6.45, 7) is 1.50. The van der Waals surface area contributed by atoms with Crippen molar-refractivity contribution in [2.75, 3.05) is 18.1 Å². The molecule has 0 saturated carbocycles. The molecular weight excluding hydrogens is 446 g/mol. The fourth-order valence-electron chi connectivity index (χ4n) is 3.18. The molecule has 0 spiro atoms. The quantitative estimate of drug-likeness (QED) is 0.215. The first-order chi connectivity index (χ1) is 14.2. The van der Waals surface area contributed by atoms with Crippen LogP contribution in [0.5, 0.6) is 0 Å². The Kier molecular flexibility index (Phi) is 6.46. The number of nitrogens with one attached hydrogen (secondary N) is 1. The van der Waals surface area contributed by atoms with E-state index >= 15 is 0 Å². The minimum atomic E-state index is 0.161. The fourth-order valence-corrected chi connectivity index (χ4v) is 4.12. The second-order valence-corrected chi connectivity index (χ2v) is 8.54. The predicted octanol–water partition coefficient (Wildman–Crippen LogP) is 5.34. The predicted molar refractivity (Wildman–Crippen MR) is 124 cm³/mol. The van der Waals surface area contributed by atoms with Gasteiger partial charge in [-0.2, -0.15) is 5.10 Å². The van der Waals surface area contributed by atoms with Crippen LogP contribution in [0, 0.1) is 0 Å². The smallest absolute Gasteiger partial charge is 0.191 e. The third kappa shape index (κ3) is 4.79. The summed E-state index contributed by atoms with van der Waals surface area (Å²) in [5, 5.41) is 9.77. The molecule has 0 radical (unpaired) electrons. The molecule has 2 aromatic heterocycles. The molecule has 2 aromatic carbocycles. The molecule has 5 nitrogen and oxygen atoms in total. The van der Waals surface area contributed by atoms with Gasteiger partial charge in [0.25, 0.3) is 0 Å². The van der Waals surface area contributed by atoms with Gasteiger partial charge in [-0.15, -0.1) is 0 Å². The van der Waals surface area contributed by atoms with Crippen LogP contribution in [-0.2, 0) is 13.0 Å². The standard InChI is InChI=1S/C22H22BrN5S/c1-29-22-26-20(24-13-12-16-8-4-2-5-9-16)18-14-25-28(21(18)27-22)15-19(23)17-10-6-3-7-11-17/h2-11,14,19H,12-13,15H2,1H3,(H,24,26,27). The molecule has 0 aliphatic carbocycles. The van der Waals surface area contributed by atoms with Crippen molar-refractivity contribution in [2.45, 2.75) is 22.9 Å². The van der Waals surface area contributed by atoms with Crippen LogP contribution < -0.4 is 5.32 Å². The Morgan fingerprint density at radius 1 is 1.03 bits per heavy atom. The van der Waals surface area contributed by atoms with Crippen molar-refractivity contribution in [1.82, 2.24) is 19.7 Å². The number of halogens is 1. The lowest BCUT2D eigenvalue weighted by Gasteiger charge is -2.12. The Morgan fingerprint density at radius 3 is 2.48 bits per heavy atom. The van der Waals surface area contributed by atoms with Crippen LogP contribution in [0.4, 0.5) is 5.82 Å². The normalized spacial score (nSPS) is 12.2. The summed E-state index contributed by atoms with van der Waals surface area (Å²) in [5.74, 6) is 0.840. The first kappa shape index (κ1) is 19.9. The van der Waals surface area contributed by atoms with Gasteiger partial charge in [0.1, 0.15) is 5.82 Å². The van der Waals surface area contributed by atoms with Gasteiger partial charge in [0.15, 0.2) is 10.8 Å². The molecule has 0 saturated heterocycles. The molecule has 0 aliphatic heterocycles. The van der Waals surface area contributed by atoms with E-state index < -0.39 is 0 Å². The Bertz CT molecular complexity index is 1070. The van der Waals surface area contributed by atoms with Crippen LogP contribution in [0.3, 0.4) is 0 Å². The summed E-state index contributed by atoms with van der Waals surface area (Å²) in [6, 6.07) is 20.8. The number of thioether (sulfide) groups is 1. The average Bonchev–Trinajstić information content (AvgIpc) is 3.17. The van der Waals surface area contributed by atoms with Gasteiger partial charge in [0, 0.05) is 6.54 Å². The molecular formula is C22H22BrN5S. The third-order valence-corrected chi connectivity index (χ3v) is 6.07. The maximum atomic E-state index is 4.72. The highest BCUT2D eigenvalue weighted by molar-refractivity contribution is 9.09. The highest BCUT2D eigenvalue weighted by Crippen LogP contribution is 2.28. The highest BCUT2D eigenvalue weighted by atomic mass is 79.9. The molecule has 4 rings (SSSR count). The molecule has 0 amide bonds. The number of hydrogen-bond donors (Lipinski definition) is 1. The van der Waals surface area contributed by atoms with Crippen molar-refractivity contribution in [3.8, 4) is 0 Å². The second-order valence-electron chi connectivity index (χ2n) is 6.66. The van der Waals surface area contributed by atoms with E-state index in [-0.39, 0.29) is 4.83 Å². The SMILES string of the molecule is CSc1nc(NCCc2ccccc2)c2cnn(CC(Br)c3ccccc3)c2n1. The largest absolute Gasteiger partial charge is 0.369 e. The number of alkyl halides is 1. The number of fused-ring (bicyclic) bond motifs is 1. The van der Waals surface area contributed by atoms with Gasteiger partial charge >= 0.3 is 0 Å². The van der Waals surface area contributed by atoms with E-state index in [0.717, 1.165) is 35.0 Å². The monoisotopic (exact) mass is 467 g/mol. The van der Waals surface area contributed by atoms with E-state index in [1.54, 1.807) is 0 Å². The van der Waals surface area contributed by atoms with E-state index in [9.17, 15) is 0 Å². The molecule has 1 atom stereocenters. The van der Waals surface area contributed by atoms with Gasteiger partial charge in [-0.1, -0.05) is 88.4 Å². The van der Waals surface area contributed by atoms with E-state index in [1.807, 2.05) is 41.4 Å². The first-order valence-corrected chi connectivity index (χ1v) is 11.6. The van der Waals surface area contributed by atoms with Gasteiger partial charge < -0.3 is 5.32 Å². The summed E-state index contributed by atoms with van der Waals surface area (Å²) in [7, 11) is 0. The molecule has 0 fully saturated rings. The second kappa shape index (κ2) is 9.41. The maximum Gasteiger partial charge on any atom is 0.191 e. The Hall–Kier alpha value is -2.38. The maximum absolute atomic E-state index is 4.72. The molecule has 2 heterocycles. The lowest BCUT2D eigenvalue weighted by molar-refractivity contribution is 0.623. The fraction of sp³-hybridized carbons (Fsp3) is 0.227. The summed E-state index contributed by atoms with van der Waals surface area (Å²) >= 11 is 5.33. The molecule has 1 N–H and O–H groups in total. The Morgan fingerprint density at radius 2 is 1.76 bits per heavy atom. The zero-order valence-electron chi connectivity index (χ0n) is 16.1. The highest BCUT2D eigenvalue weighted by Gasteiger charge is 2.16. The van der Waals surface area contributed by atoms with Crippen molar-refractivity contribution in [3.05, 3.63) is 78.0 Å². The van der Waals surface area contributed by atoms with Crippen molar-refractivity contribution in [2.24, 2.45) is 0 Å². The van der Waals surface area contributed by atoms with Crippen molar-refractivity contribution in [3.63, 3.8) is 0 Å². The van der Waals surface area contributed by atoms with Crippen molar-refractivity contribution >= 4 is 44.5 Å². The number of rotatable bonds is 8. The van der Waals surface area contributed by atoms with Gasteiger partial charge in [0.05, 0.1) is 23.0 Å². The van der Waals surface area contributed by atoms with Crippen LogP contribution in [0.25, 0.3) is 11.0 Å². The third-order valence-electron chi connectivity index (χ3n) is 4.70. The summed E-state index contributed by atoms with van der Waals surface area (Å²) < 4.78 is 1.95. The summed E-state index contributed by atoms with van der Waals surface area (Å²) in [6.07, 6.45) is 4.79. The van der Waals surface area contributed by atoms with Crippen LogP contribution in [0.15, 0.2) is 72.0 Å². The molecule has 148 valence electrons. The van der Waals surface area contributed by atoms with Crippen LogP contribution in [0.2, 0.25) is 0 Å². The van der Waals surface area contributed by atoms with Crippen LogP contribution >= 0.6 is 27.7 Å². The summed E-state index contributed by atoms with van der Waals surface area (Å²) in [5.41, 5.74) is 3.37. The van der Waals surface area contributed by atoms with E-state index in [2.05, 4.69) is 67.7 Å². The van der Waals surface area contributed by atoms with E-state index in [4.69, 9.17) is 4.98 Å². The number of benzene rings is 2. The van der Waals surface area contributed by atoms with Crippen LogP contribution in [0.1, 0.15) is 16.0 Å². The van der Waals surface area contributed by atoms with Crippen LogP contribution in [-0.4, -0.2) is 32.5 Å². The van der Waals surface area contributed by atoms with Gasteiger partial charge in [-0.25, -0.2) is 14.6 Å². The Balaban J connectivity index is 1.56.